The highest BCUT2D eigenvalue weighted by molar-refractivity contribution is 5.98. The van der Waals surface area contributed by atoms with Crippen LogP contribution in [0.1, 0.15) is 34.3 Å². The first-order chi connectivity index (χ1) is 16.7. The van der Waals surface area contributed by atoms with Gasteiger partial charge in [-0.05, 0) is 61.9 Å². The number of ether oxygens (including phenoxy) is 2. The number of benzene rings is 3. The van der Waals surface area contributed by atoms with Gasteiger partial charge in [-0.2, -0.15) is 0 Å². The molecule has 0 saturated heterocycles. The molecule has 3 rings (SSSR count). The zero-order chi connectivity index (χ0) is 25.4. The number of amides is 1. The van der Waals surface area contributed by atoms with E-state index < -0.39 is 23.3 Å². The molecule has 0 aliphatic heterocycles. The van der Waals surface area contributed by atoms with E-state index in [4.69, 9.17) is 9.47 Å². The van der Waals surface area contributed by atoms with Crippen molar-refractivity contribution in [1.82, 2.24) is 0 Å². The normalized spacial score (nSPS) is 10.3. The highest BCUT2D eigenvalue weighted by Gasteiger charge is 2.13. The summed E-state index contributed by atoms with van der Waals surface area (Å²) in [5, 5.41) is 13.5. The van der Waals surface area contributed by atoms with Crippen LogP contribution in [0.4, 0.5) is 11.4 Å². The van der Waals surface area contributed by atoms with Gasteiger partial charge in [0.1, 0.15) is 11.5 Å². The molecule has 1 N–H and O–H groups in total. The van der Waals surface area contributed by atoms with Crippen LogP contribution in [0.3, 0.4) is 0 Å². The Labute approximate surface area is 201 Å². The maximum Gasteiger partial charge on any atom is 0.306 e. The van der Waals surface area contributed by atoms with Crippen LogP contribution < -0.4 is 10.1 Å². The molecule has 0 aromatic heterocycles. The molecule has 9 nitrogen and oxygen atoms in total. The Hall–Kier alpha value is -4.53. The molecule has 180 valence electrons. The lowest BCUT2D eigenvalue weighted by atomic mass is 10.1. The van der Waals surface area contributed by atoms with Gasteiger partial charge in [-0.1, -0.05) is 17.7 Å². The first-order valence-corrected chi connectivity index (χ1v) is 10.8. The Kier molecular flexibility index (Phi) is 8.29. The highest BCUT2D eigenvalue weighted by atomic mass is 16.6. The third-order valence-electron chi connectivity index (χ3n) is 5.04. The van der Waals surface area contributed by atoms with Crippen LogP contribution in [0.5, 0.6) is 11.5 Å². The lowest BCUT2D eigenvalue weighted by molar-refractivity contribution is -0.384. The number of ketones is 1. The number of nitrogens with one attached hydrogen (secondary N) is 1. The minimum atomic E-state index is -0.646. The van der Waals surface area contributed by atoms with Gasteiger partial charge in [-0.15, -0.1) is 0 Å². The predicted molar refractivity (Wildman–Crippen MR) is 129 cm³/mol. The number of non-ortho nitro benzene ring substituents is 1. The summed E-state index contributed by atoms with van der Waals surface area (Å²) in [6, 6.07) is 17.4. The summed E-state index contributed by atoms with van der Waals surface area (Å²) in [5.74, 6) is -0.525. The number of aryl methyl sites for hydroxylation is 2. The quantitative estimate of drug-likeness (QED) is 0.186. The van der Waals surface area contributed by atoms with E-state index in [0.29, 0.717) is 22.7 Å². The van der Waals surface area contributed by atoms with E-state index in [1.807, 2.05) is 32.0 Å². The first-order valence-electron chi connectivity index (χ1n) is 10.8. The van der Waals surface area contributed by atoms with E-state index in [9.17, 15) is 24.5 Å². The van der Waals surface area contributed by atoms with Crippen molar-refractivity contribution in [1.29, 1.82) is 0 Å². The van der Waals surface area contributed by atoms with Gasteiger partial charge in [0.2, 0.25) is 5.91 Å². The highest BCUT2D eigenvalue weighted by Crippen LogP contribution is 2.24. The number of carbonyl (C=O) groups excluding carboxylic acids is 3. The minimum Gasteiger partial charge on any atom is -0.457 e. The fraction of sp³-hybridized carbons (Fsp3) is 0.192. The summed E-state index contributed by atoms with van der Waals surface area (Å²) >= 11 is 0. The van der Waals surface area contributed by atoms with Crippen molar-refractivity contribution < 1.29 is 28.8 Å². The SMILES string of the molecule is Cc1ccc(NC(=O)CCC(=O)OCC(=O)c2ccc(Oc3ccc([N+](=O)[O-])cc3)cc2)c(C)c1. The molecule has 0 atom stereocenters. The lowest BCUT2D eigenvalue weighted by Gasteiger charge is -2.09. The average molecular weight is 476 g/mol. The topological polar surface area (TPSA) is 125 Å². The van der Waals surface area contributed by atoms with E-state index in [1.54, 1.807) is 12.1 Å². The van der Waals surface area contributed by atoms with Crippen molar-refractivity contribution in [2.45, 2.75) is 26.7 Å². The second-order valence-corrected chi connectivity index (χ2v) is 7.83. The Morgan fingerprint density at radius 1 is 0.886 bits per heavy atom. The van der Waals surface area contributed by atoms with Crippen molar-refractivity contribution in [3.05, 3.63) is 93.5 Å². The van der Waals surface area contributed by atoms with Gasteiger partial charge in [0, 0.05) is 29.8 Å². The van der Waals surface area contributed by atoms with Crippen molar-refractivity contribution in [2.24, 2.45) is 0 Å². The molecule has 0 bridgehead atoms. The van der Waals surface area contributed by atoms with Gasteiger partial charge in [-0.25, -0.2) is 0 Å². The summed E-state index contributed by atoms with van der Waals surface area (Å²) in [6.07, 6.45) is -0.207. The molecule has 0 spiro atoms. The number of hydrogen-bond donors (Lipinski definition) is 1. The summed E-state index contributed by atoms with van der Waals surface area (Å²) < 4.78 is 10.6. The summed E-state index contributed by atoms with van der Waals surface area (Å²) in [6.45, 7) is 3.40. The second-order valence-electron chi connectivity index (χ2n) is 7.83. The van der Waals surface area contributed by atoms with E-state index >= 15 is 0 Å². The van der Waals surface area contributed by atoms with Crippen molar-refractivity contribution >= 4 is 29.0 Å². The summed E-state index contributed by atoms with van der Waals surface area (Å²) in [7, 11) is 0. The Bertz CT molecular complexity index is 1240. The van der Waals surface area contributed by atoms with Crippen molar-refractivity contribution in [3.63, 3.8) is 0 Å². The molecule has 0 heterocycles. The second kappa shape index (κ2) is 11.6. The molecule has 9 heteroatoms. The van der Waals surface area contributed by atoms with Gasteiger partial charge >= 0.3 is 5.97 Å². The van der Waals surface area contributed by atoms with Gasteiger partial charge in [-0.3, -0.25) is 24.5 Å². The zero-order valence-corrected chi connectivity index (χ0v) is 19.3. The number of nitro groups is 1. The maximum atomic E-state index is 12.3. The maximum absolute atomic E-state index is 12.3. The van der Waals surface area contributed by atoms with Crippen molar-refractivity contribution in [3.8, 4) is 11.5 Å². The average Bonchev–Trinajstić information content (AvgIpc) is 2.84. The molecule has 0 unspecified atom stereocenters. The Balaban J connectivity index is 1.42. The van der Waals surface area contributed by atoms with Gasteiger partial charge in [0.05, 0.1) is 11.3 Å². The molecule has 3 aromatic rings. The third kappa shape index (κ3) is 7.50. The number of Topliss-reactive ketones (excluding diaryl/α,β-unsaturated/α-hetero) is 1. The van der Waals surface area contributed by atoms with E-state index in [-0.39, 0.29) is 24.4 Å². The van der Waals surface area contributed by atoms with Crippen LogP contribution in [0.2, 0.25) is 0 Å². The number of rotatable bonds is 10. The van der Waals surface area contributed by atoms with Crippen LogP contribution in [-0.4, -0.2) is 29.2 Å². The summed E-state index contributed by atoms with van der Waals surface area (Å²) in [4.78, 5) is 46.6. The zero-order valence-electron chi connectivity index (χ0n) is 19.3. The fourth-order valence-corrected chi connectivity index (χ4v) is 3.16. The molecular formula is C26H24N2O7. The fourth-order valence-electron chi connectivity index (χ4n) is 3.16. The Morgan fingerprint density at radius 3 is 2.11 bits per heavy atom. The number of nitro benzene ring substituents is 1. The molecule has 35 heavy (non-hydrogen) atoms. The monoisotopic (exact) mass is 476 g/mol. The van der Waals surface area contributed by atoms with E-state index in [0.717, 1.165) is 11.1 Å². The van der Waals surface area contributed by atoms with Crippen LogP contribution >= 0.6 is 0 Å². The van der Waals surface area contributed by atoms with E-state index in [1.165, 1.54) is 36.4 Å². The first kappa shape index (κ1) is 25.1. The van der Waals surface area contributed by atoms with Gasteiger partial charge in [0.25, 0.3) is 5.69 Å². The molecule has 0 saturated carbocycles. The molecule has 3 aromatic carbocycles. The molecule has 0 aliphatic rings. The van der Waals surface area contributed by atoms with Crippen LogP contribution in [0.15, 0.2) is 66.7 Å². The largest absolute Gasteiger partial charge is 0.457 e. The molecule has 1 amide bonds. The van der Waals surface area contributed by atoms with Crippen molar-refractivity contribution in [2.75, 3.05) is 11.9 Å². The number of nitrogens with zero attached hydrogens (tertiary/aromatic N) is 1. The number of hydrogen-bond acceptors (Lipinski definition) is 7. The number of esters is 1. The van der Waals surface area contributed by atoms with Crippen LogP contribution in [0, 0.1) is 24.0 Å². The molecular weight excluding hydrogens is 452 g/mol. The van der Waals surface area contributed by atoms with Gasteiger partial charge in [0.15, 0.2) is 12.4 Å². The molecule has 0 fully saturated rings. The minimum absolute atomic E-state index is 0.0464. The smallest absolute Gasteiger partial charge is 0.306 e. The number of carbonyl (C=O) groups is 3. The predicted octanol–water partition coefficient (Wildman–Crippen LogP) is 5.15. The third-order valence-corrected chi connectivity index (χ3v) is 5.04. The van der Waals surface area contributed by atoms with E-state index in [2.05, 4.69) is 5.32 Å². The summed E-state index contributed by atoms with van der Waals surface area (Å²) in [5.41, 5.74) is 2.97. The number of anilines is 1. The van der Waals surface area contributed by atoms with Gasteiger partial charge < -0.3 is 14.8 Å². The molecule has 0 aliphatic carbocycles. The Morgan fingerprint density at radius 2 is 1.51 bits per heavy atom. The van der Waals surface area contributed by atoms with Crippen LogP contribution in [0.25, 0.3) is 0 Å². The van der Waals surface area contributed by atoms with Crippen LogP contribution in [-0.2, 0) is 14.3 Å². The molecule has 0 radical (unpaired) electrons. The lowest BCUT2D eigenvalue weighted by Crippen LogP contribution is -2.17. The standard InChI is InChI=1S/C26H24N2O7/c1-17-3-12-23(18(2)15-17)27-25(30)13-14-26(31)34-16-24(29)19-4-8-21(9-5-19)35-22-10-6-20(7-11-22)28(32)33/h3-12,15H,13-14,16H2,1-2H3,(H,27,30).